The zero-order valence-corrected chi connectivity index (χ0v) is 14.5. The van der Waals surface area contributed by atoms with E-state index >= 15 is 0 Å². The highest BCUT2D eigenvalue weighted by atomic mass is 32.1. The number of rotatable bonds is 8. The second kappa shape index (κ2) is 8.62. The summed E-state index contributed by atoms with van der Waals surface area (Å²) in [5.41, 5.74) is 0.512. The van der Waals surface area contributed by atoms with E-state index in [1.54, 1.807) is 17.4 Å². The van der Waals surface area contributed by atoms with Crippen molar-refractivity contribution < 1.29 is 4.79 Å². The second-order valence-electron chi connectivity index (χ2n) is 5.59. The van der Waals surface area contributed by atoms with E-state index in [1.807, 2.05) is 4.90 Å². The minimum atomic E-state index is -0.224. The minimum absolute atomic E-state index is 0.137. The van der Waals surface area contributed by atoms with E-state index in [0.29, 0.717) is 19.4 Å². The van der Waals surface area contributed by atoms with Gasteiger partial charge in [0.25, 0.3) is 5.56 Å². The average Bonchev–Trinajstić information content (AvgIpc) is 2.95. The predicted octanol–water partition coefficient (Wildman–Crippen LogP) is 2.90. The molecule has 2 aromatic heterocycles. The summed E-state index contributed by atoms with van der Waals surface area (Å²) in [7, 11) is 0. The number of H-pyrrole nitrogens is 1. The molecular formula is C17H23N3O2S. The van der Waals surface area contributed by atoms with Gasteiger partial charge >= 0.3 is 0 Å². The highest BCUT2D eigenvalue weighted by Gasteiger charge is 2.14. The van der Waals surface area contributed by atoms with Gasteiger partial charge in [-0.1, -0.05) is 13.3 Å². The number of carbonyl (C=O) groups excluding carboxylic acids is 1. The Balaban J connectivity index is 1.95. The van der Waals surface area contributed by atoms with Crippen LogP contribution in [0, 0.1) is 6.92 Å². The van der Waals surface area contributed by atoms with E-state index < -0.39 is 0 Å². The predicted molar refractivity (Wildman–Crippen MR) is 92.6 cm³/mol. The first-order valence-corrected chi connectivity index (χ1v) is 8.78. The Morgan fingerprint density at radius 3 is 2.74 bits per heavy atom. The summed E-state index contributed by atoms with van der Waals surface area (Å²) in [4.78, 5) is 27.9. The summed E-state index contributed by atoms with van der Waals surface area (Å²) in [5, 5.41) is 6.35. The van der Waals surface area contributed by atoms with Crippen LogP contribution in [0.4, 0.5) is 0 Å². The van der Waals surface area contributed by atoms with Gasteiger partial charge in [-0.05, 0) is 31.5 Å². The largest absolute Gasteiger partial charge is 0.338 e. The Labute approximate surface area is 140 Å². The summed E-state index contributed by atoms with van der Waals surface area (Å²) in [5.74, 6) is 0.137. The van der Waals surface area contributed by atoms with Gasteiger partial charge in [-0.15, -0.1) is 11.3 Å². The van der Waals surface area contributed by atoms with Crippen molar-refractivity contribution >= 4 is 17.2 Å². The summed E-state index contributed by atoms with van der Waals surface area (Å²) < 4.78 is 0. The molecule has 0 aliphatic heterocycles. The molecule has 2 aromatic rings. The lowest BCUT2D eigenvalue weighted by Crippen LogP contribution is -2.31. The summed E-state index contributed by atoms with van der Waals surface area (Å²) in [6, 6.07) is 7.30. The van der Waals surface area contributed by atoms with Crippen LogP contribution in [0.5, 0.6) is 0 Å². The van der Waals surface area contributed by atoms with E-state index in [-0.39, 0.29) is 11.5 Å². The van der Waals surface area contributed by atoms with E-state index in [2.05, 4.69) is 36.2 Å². The molecule has 0 saturated heterocycles. The Morgan fingerprint density at radius 2 is 2.13 bits per heavy atom. The second-order valence-corrected chi connectivity index (χ2v) is 6.97. The molecule has 5 nitrogen and oxygen atoms in total. The molecule has 2 rings (SSSR count). The molecule has 0 unspecified atom stereocenters. The van der Waals surface area contributed by atoms with Crippen molar-refractivity contribution in [1.82, 2.24) is 15.1 Å². The van der Waals surface area contributed by atoms with E-state index in [4.69, 9.17) is 0 Å². The van der Waals surface area contributed by atoms with E-state index in [9.17, 15) is 9.59 Å². The monoisotopic (exact) mass is 333 g/mol. The van der Waals surface area contributed by atoms with Crippen LogP contribution >= 0.6 is 11.3 Å². The molecular weight excluding hydrogens is 310 g/mol. The van der Waals surface area contributed by atoms with Crippen molar-refractivity contribution in [1.29, 1.82) is 0 Å². The molecule has 0 fully saturated rings. The molecule has 0 aliphatic carbocycles. The third kappa shape index (κ3) is 5.63. The first-order valence-electron chi connectivity index (χ1n) is 7.96. The maximum Gasteiger partial charge on any atom is 0.264 e. The van der Waals surface area contributed by atoms with Gasteiger partial charge in [0.1, 0.15) is 0 Å². The third-order valence-electron chi connectivity index (χ3n) is 3.61. The molecule has 0 atom stereocenters. The molecule has 0 radical (unpaired) electrons. The van der Waals surface area contributed by atoms with Crippen LogP contribution in [0.1, 0.15) is 41.6 Å². The van der Waals surface area contributed by atoms with Gasteiger partial charge in [-0.2, -0.15) is 5.10 Å². The summed E-state index contributed by atoms with van der Waals surface area (Å²) >= 11 is 1.74. The number of amides is 1. The van der Waals surface area contributed by atoms with Gasteiger partial charge in [0.15, 0.2) is 0 Å². The van der Waals surface area contributed by atoms with Gasteiger partial charge < -0.3 is 4.90 Å². The van der Waals surface area contributed by atoms with Crippen molar-refractivity contribution in [3.63, 3.8) is 0 Å². The number of unbranched alkanes of at least 4 members (excludes halogenated alkanes) is 1. The number of hydrogen-bond donors (Lipinski definition) is 1. The van der Waals surface area contributed by atoms with Crippen LogP contribution < -0.4 is 5.56 Å². The van der Waals surface area contributed by atoms with Gasteiger partial charge in [0.05, 0.1) is 12.2 Å². The number of aryl methyl sites for hydroxylation is 2. The molecule has 124 valence electrons. The first kappa shape index (κ1) is 17.4. The van der Waals surface area contributed by atoms with Crippen LogP contribution in [-0.2, 0) is 17.8 Å². The topological polar surface area (TPSA) is 66.1 Å². The van der Waals surface area contributed by atoms with Crippen molar-refractivity contribution in [2.24, 2.45) is 0 Å². The molecule has 0 saturated carbocycles. The van der Waals surface area contributed by atoms with E-state index in [1.165, 1.54) is 15.8 Å². The average molecular weight is 333 g/mol. The Hall–Kier alpha value is -1.95. The van der Waals surface area contributed by atoms with Gasteiger partial charge in [-0.3, -0.25) is 9.59 Å². The first-order chi connectivity index (χ1) is 11.1. The van der Waals surface area contributed by atoms with E-state index in [0.717, 1.165) is 25.1 Å². The van der Waals surface area contributed by atoms with Crippen molar-refractivity contribution in [2.75, 3.05) is 6.54 Å². The van der Waals surface area contributed by atoms with Crippen molar-refractivity contribution in [2.45, 2.75) is 46.1 Å². The standard InChI is InChI=1S/C17H23N3O2S/c1-3-4-11-20(12-15-8-5-13(2)23-15)17(22)10-7-14-6-9-16(21)19-18-14/h5-6,8-9H,3-4,7,10-12H2,1-2H3,(H,19,21). The molecule has 23 heavy (non-hydrogen) atoms. The van der Waals surface area contributed by atoms with Crippen LogP contribution in [-0.4, -0.2) is 27.5 Å². The fourth-order valence-electron chi connectivity index (χ4n) is 2.30. The number of nitrogens with one attached hydrogen (secondary N) is 1. The minimum Gasteiger partial charge on any atom is -0.338 e. The zero-order valence-electron chi connectivity index (χ0n) is 13.7. The van der Waals surface area contributed by atoms with Crippen LogP contribution in [0.15, 0.2) is 29.1 Å². The lowest BCUT2D eigenvalue weighted by molar-refractivity contribution is -0.131. The molecule has 0 bridgehead atoms. The molecule has 2 heterocycles. The fraction of sp³-hybridized carbons (Fsp3) is 0.471. The van der Waals surface area contributed by atoms with Crippen LogP contribution in [0.25, 0.3) is 0 Å². The lowest BCUT2D eigenvalue weighted by Gasteiger charge is -2.22. The molecule has 0 spiro atoms. The number of thiophene rings is 1. The number of carbonyl (C=O) groups is 1. The van der Waals surface area contributed by atoms with Crippen LogP contribution in [0.3, 0.4) is 0 Å². The van der Waals surface area contributed by atoms with Gasteiger partial charge in [-0.25, -0.2) is 5.10 Å². The fourth-order valence-corrected chi connectivity index (χ4v) is 3.21. The quantitative estimate of drug-likeness (QED) is 0.808. The summed E-state index contributed by atoms with van der Waals surface area (Å²) in [6.07, 6.45) is 3.02. The highest BCUT2D eigenvalue weighted by molar-refractivity contribution is 7.11. The maximum atomic E-state index is 12.5. The Kier molecular flexibility index (Phi) is 6.52. The maximum absolute atomic E-state index is 12.5. The number of aromatic nitrogens is 2. The van der Waals surface area contributed by atoms with Crippen molar-refractivity contribution in [3.8, 4) is 0 Å². The number of aromatic amines is 1. The Morgan fingerprint density at radius 1 is 1.30 bits per heavy atom. The lowest BCUT2D eigenvalue weighted by atomic mass is 10.2. The smallest absolute Gasteiger partial charge is 0.264 e. The van der Waals surface area contributed by atoms with Crippen LogP contribution in [0.2, 0.25) is 0 Å². The number of hydrogen-bond acceptors (Lipinski definition) is 4. The number of nitrogens with zero attached hydrogens (tertiary/aromatic N) is 2. The van der Waals surface area contributed by atoms with Crippen molar-refractivity contribution in [3.05, 3.63) is 50.1 Å². The molecule has 6 heteroatoms. The Bertz CT molecular complexity index is 673. The van der Waals surface area contributed by atoms with Gasteiger partial charge in [0.2, 0.25) is 5.91 Å². The summed E-state index contributed by atoms with van der Waals surface area (Å²) in [6.45, 7) is 5.66. The third-order valence-corrected chi connectivity index (χ3v) is 4.59. The zero-order chi connectivity index (χ0) is 16.7. The van der Waals surface area contributed by atoms with Gasteiger partial charge in [0, 0.05) is 35.2 Å². The molecule has 0 aliphatic rings. The highest BCUT2D eigenvalue weighted by Crippen LogP contribution is 2.18. The molecule has 0 aromatic carbocycles. The molecule has 1 amide bonds. The normalized spacial score (nSPS) is 10.7. The SMILES string of the molecule is CCCCN(Cc1ccc(C)s1)C(=O)CCc1ccc(=O)[nH]n1. The molecule has 1 N–H and O–H groups in total.